The summed E-state index contributed by atoms with van der Waals surface area (Å²) in [5.41, 5.74) is 8.18. The number of benzene rings is 2. The van der Waals surface area contributed by atoms with Crippen LogP contribution >= 0.6 is 0 Å². The molecule has 0 radical (unpaired) electrons. The molecular weight excluding hydrogens is 457 g/mol. The molecule has 1 saturated carbocycles. The average Bonchev–Trinajstić information content (AvgIpc) is 3.07. The maximum atomic E-state index is 13.3. The Morgan fingerprint density at radius 2 is 1.69 bits per heavy atom. The number of alkyl halides is 3. The van der Waals surface area contributed by atoms with Crippen LogP contribution in [-0.4, -0.2) is 31.0 Å². The molecule has 0 spiro atoms. The Labute approximate surface area is 199 Å². The first kappa shape index (κ1) is 23.3. The third-order valence-corrected chi connectivity index (χ3v) is 6.70. The summed E-state index contributed by atoms with van der Waals surface area (Å²) in [5, 5.41) is 10.3. The van der Waals surface area contributed by atoms with Crippen LogP contribution in [0.15, 0.2) is 65.7 Å². The molecule has 1 aliphatic carbocycles. The Morgan fingerprint density at radius 3 is 2.26 bits per heavy atom. The van der Waals surface area contributed by atoms with Crippen LogP contribution < -0.4 is 11.3 Å². The number of hydrogen-bond donors (Lipinski definition) is 2. The van der Waals surface area contributed by atoms with Gasteiger partial charge >= 0.3 is 6.18 Å². The number of nitrogens with two attached hydrogens (primary N) is 1. The molecule has 0 amide bonds. The van der Waals surface area contributed by atoms with Crippen molar-refractivity contribution in [3.63, 3.8) is 0 Å². The van der Waals surface area contributed by atoms with Gasteiger partial charge in [0.25, 0.3) is 5.56 Å². The van der Waals surface area contributed by atoms with Gasteiger partial charge in [0.1, 0.15) is 18.5 Å². The van der Waals surface area contributed by atoms with E-state index in [9.17, 15) is 23.1 Å². The molecule has 35 heavy (non-hydrogen) atoms. The predicted octanol–water partition coefficient (Wildman–Crippen LogP) is 4.33. The maximum absolute atomic E-state index is 13.3. The highest BCUT2D eigenvalue weighted by molar-refractivity contribution is 6.02. The van der Waals surface area contributed by atoms with Gasteiger partial charge in [-0.1, -0.05) is 54.6 Å². The number of halogens is 3. The normalized spacial score (nSPS) is 22.4. The zero-order valence-electron chi connectivity index (χ0n) is 19.3. The van der Waals surface area contributed by atoms with Gasteiger partial charge in [0, 0.05) is 18.2 Å². The second kappa shape index (κ2) is 7.79. The Balaban J connectivity index is 1.70. The predicted molar refractivity (Wildman–Crippen MR) is 128 cm³/mol. The van der Waals surface area contributed by atoms with Crippen molar-refractivity contribution < 1.29 is 18.3 Å². The second-order valence-electron chi connectivity index (χ2n) is 9.72. The van der Waals surface area contributed by atoms with Crippen molar-refractivity contribution in [3.8, 4) is 22.4 Å². The van der Waals surface area contributed by atoms with Gasteiger partial charge in [-0.05, 0) is 36.5 Å². The van der Waals surface area contributed by atoms with Gasteiger partial charge in [-0.2, -0.15) is 13.2 Å². The summed E-state index contributed by atoms with van der Waals surface area (Å²) in [4.78, 5) is 17.5. The molecule has 9 heteroatoms. The summed E-state index contributed by atoms with van der Waals surface area (Å²) in [6, 6.07) is 16.6. The van der Waals surface area contributed by atoms with Crippen molar-refractivity contribution in [2.45, 2.75) is 43.6 Å². The highest BCUT2D eigenvalue weighted by Gasteiger charge is 2.49. The summed E-state index contributed by atoms with van der Waals surface area (Å²) >= 11 is 0. The van der Waals surface area contributed by atoms with Crippen molar-refractivity contribution in [2.24, 2.45) is 12.8 Å². The van der Waals surface area contributed by atoms with E-state index in [-0.39, 0.29) is 5.39 Å². The summed E-state index contributed by atoms with van der Waals surface area (Å²) in [7, 11) is 1.74. The molecule has 4 aromatic rings. The maximum Gasteiger partial charge on any atom is 0.406 e. The van der Waals surface area contributed by atoms with Gasteiger partial charge in [-0.25, -0.2) is 4.98 Å². The van der Waals surface area contributed by atoms with E-state index in [0.29, 0.717) is 39.9 Å². The summed E-state index contributed by atoms with van der Waals surface area (Å²) in [5.74, 6) is 0. The lowest BCUT2D eigenvalue weighted by Gasteiger charge is -2.49. The lowest BCUT2D eigenvalue weighted by molar-refractivity contribution is -0.141. The molecule has 0 aliphatic heterocycles. The van der Waals surface area contributed by atoms with Crippen molar-refractivity contribution in [1.82, 2.24) is 14.1 Å². The minimum atomic E-state index is -4.55. The molecule has 0 bridgehead atoms. The zero-order valence-corrected chi connectivity index (χ0v) is 19.3. The van der Waals surface area contributed by atoms with E-state index in [1.807, 2.05) is 54.6 Å². The van der Waals surface area contributed by atoms with Crippen LogP contribution in [0.25, 0.3) is 33.4 Å². The Bertz CT molecular complexity index is 1460. The first-order chi connectivity index (χ1) is 16.4. The van der Waals surface area contributed by atoms with Gasteiger partial charge in [-0.3, -0.25) is 9.36 Å². The van der Waals surface area contributed by atoms with Crippen LogP contribution in [0.2, 0.25) is 0 Å². The standard InChI is InChI=1S/C26H25F3N4O2/c1-24(35)12-25(30,13-24)18-10-8-17(9-11-18)21-19(16-6-4-3-5-7-16)20-22(32(21)2)31-15-33(23(20)34)14-26(27,28)29/h3-11,15,35H,12-14,30H2,1-2H3. The molecule has 2 aromatic heterocycles. The van der Waals surface area contributed by atoms with Crippen LogP contribution in [0.1, 0.15) is 25.3 Å². The van der Waals surface area contributed by atoms with Crippen molar-refractivity contribution in [2.75, 3.05) is 0 Å². The van der Waals surface area contributed by atoms with Gasteiger partial charge in [0.05, 0.1) is 16.7 Å². The van der Waals surface area contributed by atoms with E-state index in [1.165, 1.54) is 0 Å². The molecule has 2 aromatic carbocycles. The van der Waals surface area contributed by atoms with Gasteiger partial charge in [-0.15, -0.1) is 0 Å². The fourth-order valence-corrected chi connectivity index (χ4v) is 5.35. The number of aliphatic hydroxyl groups is 1. The smallest absolute Gasteiger partial charge is 0.390 e. The first-order valence-corrected chi connectivity index (χ1v) is 11.2. The van der Waals surface area contributed by atoms with Crippen LogP contribution in [0.4, 0.5) is 13.2 Å². The highest BCUT2D eigenvalue weighted by atomic mass is 19.4. The molecule has 1 aliphatic rings. The third kappa shape index (κ3) is 4.04. The van der Waals surface area contributed by atoms with E-state index in [1.54, 1.807) is 18.5 Å². The van der Waals surface area contributed by atoms with Crippen LogP contribution in [-0.2, 0) is 19.1 Å². The molecule has 1 fully saturated rings. The van der Waals surface area contributed by atoms with E-state index >= 15 is 0 Å². The molecule has 0 atom stereocenters. The van der Waals surface area contributed by atoms with Crippen molar-refractivity contribution in [3.05, 3.63) is 76.8 Å². The zero-order chi connectivity index (χ0) is 25.2. The topological polar surface area (TPSA) is 86.1 Å². The van der Waals surface area contributed by atoms with Gasteiger partial charge in [0.2, 0.25) is 0 Å². The third-order valence-electron chi connectivity index (χ3n) is 6.70. The van der Waals surface area contributed by atoms with Gasteiger partial charge < -0.3 is 15.4 Å². The number of rotatable bonds is 4. The molecule has 3 N–H and O–H groups in total. The monoisotopic (exact) mass is 482 g/mol. The summed E-state index contributed by atoms with van der Waals surface area (Å²) in [6.45, 7) is 0.344. The molecule has 0 saturated heterocycles. The molecule has 2 heterocycles. The lowest BCUT2D eigenvalue weighted by Crippen LogP contribution is -2.58. The van der Waals surface area contributed by atoms with Crippen molar-refractivity contribution >= 4 is 11.0 Å². The average molecular weight is 483 g/mol. The van der Waals surface area contributed by atoms with Crippen LogP contribution in [0, 0.1) is 0 Å². The second-order valence-corrected chi connectivity index (χ2v) is 9.72. The number of fused-ring (bicyclic) bond motifs is 1. The lowest BCUT2D eigenvalue weighted by atomic mass is 9.63. The molecule has 0 unspecified atom stereocenters. The first-order valence-electron chi connectivity index (χ1n) is 11.2. The Hall–Kier alpha value is -3.43. The number of aryl methyl sites for hydroxylation is 1. The van der Waals surface area contributed by atoms with Crippen LogP contribution in [0.3, 0.4) is 0 Å². The summed E-state index contributed by atoms with van der Waals surface area (Å²) in [6.07, 6.45) is -2.71. The summed E-state index contributed by atoms with van der Waals surface area (Å²) < 4.78 is 41.6. The minimum absolute atomic E-state index is 0.134. The molecule has 182 valence electrons. The number of nitrogens with zero attached hydrogens (tertiary/aromatic N) is 3. The van der Waals surface area contributed by atoms with Crippen molar-refractivity contribution in [1.29, 1.82) is 0 Å². The Kier molecular flexibility index (Phi) is 5.19. The van der Waals surface area contributed by atoms with Gasteiger partial charge in [0.15, 0.2) is 0 Å². The van der Waals surface area contributed by atoms with E-state index in [2.05, 4.69) is 4.98 Å². The SMILES string of the molecule is Cn1c(-c2ccc(C3(N)CC(C)(O)C3)cc2)c(-c2ccccc2)c2c(=O)n(CC(F)(F)F)cnc21. The Morgan fingerprint density at radius 1 is 1.06 bits per heavy atom. The van der Waals surface area contributed by atoms with E-state index < -0.39 is 29.4 Å². The fraction of sp³-hybridized carbons (Fsp3) is 0.308. The quantitative estimate of drug-likeness (QED) is 0.453. The van der Waals surface area contributed by atoms with E-state index in [4.69, 9.17) is 5.73 Å². The minimum Gasteiger partial charge on any atom is -0.390 e. The highest BCUT2D eigenvalue weighted by Crippen LogP contribution is 2.47. The largest absolute Gasteiger partial charge is 0.406 e. The molecule has 5 rings (SSSR count). The van der Waals surface area contributed by atoms with E-state index in [0.717, 1.165) is 17.5 Å². The van der Waals surface area contributed by atoms with Crippen LogP contribution in [0.5, 0.6) is 0 Å². The number of hydrogen-bond acceptors (Lipinski definition) is 4. The molecule has 6 nitrogen and oxygen atoms in total. The number of aromatic nitrogens is 3. The fourth-order valence-electron chi connectivity index (χ4n) is 5.35. The molecular formula is C26H25F3N4O2.